The topological polar surface area (TPSA) is 9.23 Å². The molecule has 0 bridgehead atoms. The van der Waals surface area contributed by atoms with E-state index in [0.717, 1.165) is 4.47 Å². The van der Waals surface area contributed by atoms with Crippen LogP contribution in [0.15, 0.2) is 22.7 Å². The number of rotatable bonds is 3. The number of hydrogen-bond acceptors (Lipinski definition) is 1. The van der Waals surface area contributed by atoms with E-state index >= 15 is 0 Å². The predicted octanol–water partition coefficient (Wildman–Crippen LogP) is 5.28. The van der Waals surface area contributed by atoms with Gasteiger partial charge in [0.2, 0.25) is 0 Å². The first kappa shape index (κ1) is 14.9. The molecule has 1 nitrogen and oxygen atoms in total. The van der Waals surface area contributed by atoms with Crippen molar-refractivity contribution in [1.82, 2.24) is 0 Å². The summed E-state index contributed by atoms with van der Waals surface area (Å²) in [7, 11) is -1.65. The third-order valence-corrected chi connectivity index (χ3v) is 8.82. The van der Waals surface area contributed by atoms with E-state index in [1.807, 2.05) is 0 Å². The normalized spacial score (nSPS) is 12.9. The lowest BCUT2D eigenvalue weighted by atomic mass is 10.2. The highest BCUT2D eigenvalue weighted by Gasteiger charge is 2.37. The van der Waals surface area contributed by atoms with Crippen LogP contribution >= 0.6 is 15.9 Å². The first-order valence-corrected chi connectivity index (χ1v) is 9.72. The van der Waals surface area contributed by atoms with Gasteiger partial charge in [-0.2, -0.15) is 0 Å². The van der Waals surface area contributed by atoms with Crippen LogP contribution in [0.1, 0.15) is 31.9 Å². The fourth-order valence-electron chi connectivity index (χ4n) is 1.24. The van der Waals surface area contributed by atoms with Crippen molar-refractivity contribution < 1.29 is 4.43 Å². The molecule has 0 heterocycles. The van der Waals surface area contributed by atoms with Gasteiger partial charge in [0.15, 0.2) is 8.32 Å². The van der Waals surface area contributed by atoms with Gasteiger partial charge in [-0.1, -0.05) is 48.8 Å². The molecule has 0 fully saturated rings. The van der Waals surface area contributed by atoms with E-state index in [1.165, 1.54) is 11.1 Å². The third kappa shape index (κ3) is 3.93. The SMILES string of the molecule is Cc1ccc(CO[Si](C)(C)C(C)(C)C)c(Br)c1. The van der Waals surface area contributed by atoms with E-state index in [2.05, 4.69) is 74.9 Å². The summed E-state index contributed by atoms with van der Waals surface area (Å²) >= 11 is 3.60. The largest absolute Gasteiger partial charge is 0.413 e. The van der Waals surface area contributed by atoms with Crippen LogP contribution in [0.4, 0.5) is 0 Å². The highest BCUT2D eigenvalue weighted by Crippen LogP contribution is 2.37. The highest BCUT2D eigenvalue weighted by molar-refractivity contribution is 9.10. The van der Waals surface area contributed by atoms with E-state index < -0.39 is 8.32 Å². The van der Waals surface area contributed by atoms with Gasteiger partial charge in [0.05, 0.1) is 6.61 Å². The molecule has 1 aromatic rings. The van der Waals surface area contributed by atoms with Crippen molar-refractivity contribution in [1.29, 1.82) is 0 Å². The van der Waals surface area contributed by atoms with Crippen LogP contribution in [-0.4, -0.2) is 8.32 Å². The van der Waals surface area contributed by atoms with E-state index in [9.17, 15) is 0 Å². The molecule has 0 N–H and O–H groups in total. The lowest BCUT2D eigenvalue weighted by Gasteiger charge is -2.36. The smallest absolute Gasteiger partial charge is 0.192 e. The van der Waals surface area contributed by atoms with Crippen molar-refractivity contribution in [3.8, 4) is 0 Å². The summed E-state index contributed by atoms with van der Waals surface area (Å²) in [6.07, 6.45) is 0. The summed E-state index contributed by atoms with van der Waals surface area (Å²) < 4.78 is 7.36. The Labute approximate surface area is 115 Å². The van der Waals surface area contributed by atoms with Crippen molar-refractivity contribution in [3.63, 3.8) is 0 Å². The maximum absolute atomic E-state index is 6.21. The summed E-state index contributed by atoms with van der Waals surface area (Å²) in [6, 6.07) is 6.42. The van der Waals surface area contributed by atoms with Crippen molar-refractivity contribution in [2.24, 2.45) is 0 Å². The van der Waals surface area contributed by atoms with Gasteiger partial charge in [-0.25, -0.2) is 0 Å². The molecule has 1 rings (SSSR count). The van der Waals surface area contributed by atoms with Crippen molar-refractivity contribution in [3.05, 3.63) is 33.8 Å². The number of halogens is 1. The standard InChI is InChI=1S/C14H23BrOSi/c1-11-7-8-12(13(15)9-11)10-16-17(5,6)14(2,3)4/h7-9H,10H2,1-6H3. The Morgan fingerprint density at radius 2 is 1.82 bits per heavy atom. The summed E-state index contributed by atoms with van der Waals surface area (Å²) in [5.41, 5.74) is 2.51. The molecule has 3 heteroatoms. The average molecular weight is 315 g/mol. The fourth-order valence-corrected chi connectivity index (χ4v) is 2.80. The molecule has 0 aromatic heterocycles. The molecule has 0 saturated carbocycles. The maximum atomic E-state index is 6.21. The van der Waals surface area contributed by atoms with Crippen LogP contribution in [-0.2, 0) is 11.0 Å². The molecule has 0 aliphatic carbocycles. The monoisotopic (exact) mass is 314 g/mol. The molecule has 1 aromatic carbocycles. The Morgan fingerprint density at radius 1 is 1.24 bits per heavy atom. The minimum atomic E-state index is -1.65. The van der Waals surface area contributed by atoms with Crippen molar-refractivity contribution in [2.45, 2.75) is 52.4 Å². The predicted molar refractivity (Wildman–Crippen MR) is 80.9 cm³/mol. The van der Waals surface area contributed by atoms with Gasteiger partial charge in [0.25, 0.3) is 0 Å². The Kier molecular flexibility index (Phi) is 4.61. The number of hydrogen-bond donors (Lipinski definition) is 0. The summed E-state index contributed by atoms with van der Waals surface area (Å²) in [6.45, 7) is 14.2. The van der Waals surface area contributed by atoms with Crippen LogP contribution in [0.5, 0.6) is 0 Å². The van der Waals surface area contributed by atoms with Gasteiger partial charge in [-0.3, -0.25) is 0 Å². The van der Waals surface area contributed by atoms with Gasteiger partial charge < -0.3 is 4.43 Å². The molecule has 0 saturated heterocycles. The van der Waals surface area contributed by atoms with Crippen LogP contribution in [0.25, 0.3) is 0 Å². The van der Waals surface area contributed by atoms with Gasteiger partial charge in [-0.15, -0.1) is 0 Å². The molecule has 0 atom stereocenters. The van der Waals surface area contributed by atoms with Gasteiger partial charge in [0, 0.05) is 4.47 Å². The van der Waals surface area contributed by atoms with Crippen molar-refractivity contribution >= 4 is 24.2 Å². The van der Waals surface area contributed by atoms with Gasteiger partial charge in [-0.05, 0) is 42.2 Å². The van der Waals surface area contributed by atoms with Crippen LogP contribution in [0.3, 0.4) is 0 Å². The molecule has 0 amide bonds. The van der Waals surface area contributed by atoms with Crippen molar-refractivity contribution in [2.75, 3.05) is 0 Å². The minimum Gasteiger partial charge on any atom is -0.413 e. The minimum absolute atomic E-state index is 0.268. The molecule has 0 aliphatic rings. The Balaban J connectivity index is 2.74. The first-order chi connectivity index (χ1) is 7.63. The fraction of sp³-hybridized carbons (Fsp3) is 0.571. The van der Waals surface area contributed by atoms with Gasteiger partial charge in [0.1, 0.15) is 0 Å². The second-order valence-corrected chi connectivity index (χ2v) is 11.8. The average Bonchev–Trinajstić information content (AvgIpc) is 2.14. The second-order valence-electron chi connectivity index (χ2n) is 6.14. The summed E-state index contributed by atoms with van der Waals surface area (Å²) in [5, 5.41) is 0.268. The highest BCUT2D eigenvalue weighted by atomic mass is 79.9. The lowest BCUT2D eigenvalue weighted by molar-refractivity contribution is 0.275. The summed E-state index contributed by atoms with van der Waals surface area (Å²) in [4.78, 5) is 0. The molecule has 96 valence electrons. The Bertz CT molecular complexity index is 394. The Morgan fingerprint density at radius 3 is 2.29 bits per heavy atom. The van der Waals surface area contributed by atoms with Crippen LogP contribution in [0, 0.1) is 6.92 Å². The van der Waals surface area contributed by atoms with E-state index in [-0.39, 0.29) is 5.04 Å². The molecular weight excluding hydrogens is 292 g/mol. The zero-order valence-corrected chi connectivity index (χ0v) is 14.3. The molecule has 0 spiro atoms. The first-order valence-electron chi connectivity index (χ1n) is 6.02. The van der Waals surface area contributed by atoms with Crippen LogP contribution < -0.4 is 0 Å². The van der Waals surface area contributed by atoms with E-state index in [4.69, 9.17) is 4.43 Å². The molecular formula is C14H23BrOSi. The zero-order valence-electron chi connectivity index (χ0n) is 11.7. The quantitative estimate of drug-likeness (QED) is 0.690. The second kappa shape index (κ2) is 5.25. The third-order valence-electron chi connectivity index (χ3n) is 3.60. The number of benzene rings is 1. The maximum Gasteiger partial charge on any atom is 0.192 e. The lowest BCUT2D eigenvalue weighted by Crippen LogP contribution is -2.40. The molecule has 17 heavy (non-hydrogen) atoms. The zero-order chi connectivity index (χ0) is 13.3. The van der Waals surface area contributed by atoms with Crippen LogP contribution in [0.2, 0.25) is 18.1 Å². The molecule has 0 aliphatic heterocycles. The molecule has 0 radical (unpaired) electrons. The van der Waals surface area contributed by atoms with E-state index in [1.54, 1.807) is 0 Å². The molecule has 0 unspecified atom stereocenters. The van der Waals surface area contributed by atoms with Gasteiger partial charge >= 0.3 is 0 Å². The Hall–Kier alpha value is -0.123. The number of aryl methyl sites for hydroxylation is 1. The summed E-state index contributed by atoms with van der Waals surface area (Å²) in [5.74, 6) is 0. The van der Waals surface area contributed by atoms with E-state index in [0.29, 0.717) is 6.61 Å².